The number of hydrogen-bond donors (Lipinski definition) is 0. The Hall–Kier alpha value is -2.63. The van der Waals surface area contributed by atoms with Crippen molar-refractivity contribution in [1.82, 2.24) is 0 Å². The van der Waals surface area contributed by atoms with Gasteiger partial charge in [-0.1, -0.05) is 307 Å². The van der Waals surface area contributed by atoms with Gasteiger partial charge in [-0.3, -0.25) is 14.4 Å². The molecular formula is C70H128O6. The van der Waals surface area contributed by atoms with Gasteiger partial charge in [-0.25, -0.2) is 0 Å². The van der Waals surface area contributed by atoms with E-state index in [1.54, 1.807) is 0 Å². The van der Waals surface area contributed by atoms with Crippen molar-refractivity contribution >= 4 is 17.9 Å². The lowest BCUT2D eigenvalue weighted by molar-refractivity contribution is -0.167. The maximum absolute atomic E-state index is 12.9. The molecule has 444 valence electrons. The van der Waals surface area contributed by atoms with Gasteiger partial charge in [0.05, 0.1) is 0 Å². The van der Waals surface area contributed by atoms with E-state index in [0.717, 1.165) is 70.6 Å². The lowest BCUT2D eigenvalue weighted by atomic mass is 10.0. The third-order valence-corrected chi connectivity index (χ3v) is 15.1. The molecule has 0 saturated heterocycles. The highest BCUT2D eigenvalue weighted by Crippen LogP contribution is 2.17. The number of rotatable bonds is 62. The molecule has 1 unspecified atom stereocenters. The molecule has 0 aliphatic rings. The van der Waals surface area contributed by atoms with Gasteiger partial charge in [0.1, 0.15) is 13.2 Å². The number of carbonyl (C=O) groups excluding carboxylic acids is 3. The molecule has 0 N–H and O–H groups in total. The Morgan fingerprint density at radius 1 is 0.263 bits per heavy atom. The lowest BCUT2D eigenvalue weighted by Gasteiger charge is -2.18. The van der Waals surface area contributed by atoms with Crippen LogP contribution >= 0.6 is 0 Å². The number of allylic oxidation sites excluding steroid dienone is 8. The number of carbonyl (C=O) groups is 3. The van der Waals surface area contributed by atoms with E-state index < -0.39 is 6.10 Å². The van der Waals surface area contributed by atoms with Gasteiger partial charge in [-0.15, -0.1) is 0 Å². The zero-order valence-electron chi connectivity index (χ0n) is 51.0. The maximum atomic E-state index is 12.9. The molecule has 0 bridgehead atoms. The second kappa shape index (κ2) is 64.9. The van der Waals surface area contributed by atoms with Crippen molar-refractivity contribution in [3.63, 3.8) is 0 Å². The average Bonchev–Trinajstić information content (AvgIpc) is 3.42. The molecule has 0 saturated carbocycles. The molecule has 0 aromatic heterocycles. The summed E-state index contributed by atoms with van der Waals surface area (Å²) in [5.41, 5.74) is 0. The third kappa shape index (κ3) is 62.2. The molecule has 0 aromatic carbocycles. The van der Waals surface area contributed by atoms with E-state index in [2.05, 4.69) is 69.4 Å². The highest BCUT2D eigenvalue weighted by atomic mass is 16.6. The van der Waals surface area contributed by atoms with Gasteiger partial charge in [0.2, 0.25) is 0 Å². The zero-order valence-corrected chi connectivity index (χ0v) is 51.0. The fraction of sp³-hybridized carbons (Fsp3) is 0.843. The van der Waals surface area contributed by atoms with Crippen molar-refractivity contribution in [1.29, 1.82) is 0 Å². The van der Waals surface area contributed by atoms with E-state index in [4.69, 9.17) is 14.2 Å². The minimum absolute atomic E-state index is 0.0703. The molecule has 0 heterocycles. The number of hydrogen-bond acceptors (Lipinski definition) is 6. The van der Waals surface area contributed by atoms with Crippen LogP contribution in [0.2, 0.25) is 0 Å². The molecule has 1 atom stereocenters. The zero-order chi connectivity index (χ0) is 55.0. The Labute approximate surface area is 473 Å². The third-order valence-electron chi connectivity index (χ3n) is 15.1. The second-order valence-corrected chi connectivity index (χ2v) is 22.7. The largest absolute Gasteiger partial charge is 0.462 e. The first-order valence-corrected chi connectivity index (χ1v) is 33.6. The van der Waals surface area contributed by atoms with Gasteiger partial charge < -0.3 is 14.2 Å². The number of esters is 3. The summed E-state index contributed by atoms with van der Waals surface area (Å²) in [5.74, 6) is -0.854. The maximum Gasteiger partial charge on any atom is 0.306 e. The highest BCUT2D eigenvalue weighted by molar-refractivity contribution is 5.71. The number of ether oxygens (including phenoxy) is 3. The second-order valence-electron chi connectivity index (χ2n) is 22.7. The van der Waals surface area contributed by atoms with Crippen molar-refractivity contribution in [3.8, 4) is 0 Å². The first-order valence-electron chi connectivity index (χ1n) is 33.6. The van der Waals surface area contributed by atoms with Gasteiger partial charge in [-0.2, -0.15) is 0 Å². The average molecular weight is 1070 g/mol. The van der Waals surface area contributed by atoms with Crippen LogP contribution < -0.4 is 0 Å². The van der Waals surface area contributed by atoms with Crippen LogP contribution in [0, 0.1) is 0 Å². The van der Waals surface area contributed by atoms with E-state index in [9.17, 15) is 14.4 Å². The Morgan fingerprint density at radius 2 is 0.474 bits per heavy atom. The first kappa shape index (κ1) is 73.4. The Bertz CT molecular complexity index is 1310. The summed E-state index contributed by atoms with van der Waals surface area (Å²) in [4.78, 5) is 38.3. The summed E-state index contributed by atoms with van der Waals surface area (Å²) in [5, 5.41) is 0. The summed E-state index contributed by atoms with van der Waals surface area (Å²) < 4.78 is 16.9. The normalized spacial score (nSPS) is 12.3. The molecule has 0 rings (SSSR count). The summed E-state index contributed by atoms with van der Waals surface area (Å²) in [6.07, 6.45) is 81.3. The fourth-order valence-corrected chi connectivity index (χ4v) is 9.98. The predicted molar refractivity (Wildman–Crippen MR) is 330 cm³/mol. The van der Waals surface area contributed by atoms with Crippen LogP contribution in [-0.2, 0) is 28.6 Å². The molecule has 0 spiro atoms. The van der Waals surface area contributed by atoms with Crippen molar-refractivity contribution in [3.05, 3.63) is 48.6 Å². The van der Waals surface area contributed by atoms with Crippen LogP contribution in [0.4, 0.5) is 0 Å². The smallest absolute Gasteiger partial charge is 0.306 e. The van der Waals surface area contributed by atoms with Gasteiger partial charge >= 0.3 is 17.9 Å². The molecule has 0 aromatic rings. The lowest BCUT2D eigenvalue weighted by Crippen LogP contribution is -2.30. The quantitative estimate of drug-likeness (QED) is 0.0261. The molecule has 0 aliphatic heterocycles. The van der Waals surface area contributed by atoms with Crippen LogP contribution in [0.3, 0.4) is 0 Å². The standard InChI is InChI=1S/C70H128O6/c1-4-7-10-13-16-19-22-25-27-29-30-31-32-33-34-35-36-37-38-39-40-42-43-45-48-51-54-57-60-63-69(72)75-66-67(65-74-68(71)62-59-56-53-50-47-24-21-18-15-12-9-6-3)76-70(73)64-61-58-55-52-49-46-44-41-28-26-23-20-17-14-11-8-5-2/h22,25-26,28-30,32-33,67H,4-21,23-24,27,31,34-66H2,1-3H3/b25-22-,28-26-,30-29-,33-32-. The van der Waals surface area contributed by atoms with Gasteiger partial charge in [-0.05, 0) is 83.5 Å². The van der Waals surface area contributed by atoms with Crippen molar-refractivity contribution in [2.45, 2.75) is 367 Å². The molecule has 0 aliphatic carbocycles. The summed E-state index contributed by atoms with van der Waals surface area (Å²) in [6, 6.07) is 0. The van der Waals surface area contributed by atoms with Gasteiger partial charge in [0.15, 0.2) is 6.10 Å². The van der Waals surface area contributed by atoms with Crippen molar-refractivity contribution < 1.29 is 28.6 Å². The van der Waals surface area contributed by atoms with Gasteiger partial charge in [0.25, 0.3) is 0 Å². The van der Waals surface area contributed by atoms with E-state index in [1.807, 2.05) is 0 Å². The highest BCUT2D eigenvalue weighted by Gasteiger charge is 2.19. The fourth-order valence-electron chi connectivity index (χ4n) is 9.98. The van der Waals surface area contributed by atoms with E-state index >= 15 is 0 Å². The van der Waals surface area contributed by atoms with Crippen molar-refractivity contribution in [2.75, 3.05) is 13.2 Å². The van der Waals surface area contributed by atoms with Gasteiger partial charge in [0, 0.05) is 19.3 Å². The topological polar surface area (TPSA) is 78.9 Å². The molecule has 6 nitrogen and oxygen atoms in total. The van der Waals surface area contributed by atoms with Crippen LogP contribution in [0.25, 0.3) is 0 Å². The van der Waals surface area contributed by atoms with Crippen molar-refractivity contribution in [2.24, 2.45) is 0 Å². The van der Waals surface area contributed by atoms with Crippen LogP contribution in [0.1, 0.15) is 361 Å². The summed E-state index contributed by atoms with van der Waals surface area (Å²) in [6.45, 7) is 6.67. The first-order chi connectivity index (χ1) is 37.5. The monoisotopic (exact) mass is 1060 g/mol. The molecule has 0 fully saturated rings. The molecule has 0 radical (unpaired) electrons. The minimum atomic E-state index is -0.773. The molecule has 0 amide bonds. The predicted octanol–water partition coefficient (Wildman–Crippen LogP) is 22.9. The number of unbranched alkanes of at least 4 members (excludes halogenated alkanes) is 43. The summed E-state index contributed by atoms with van der Waals surface area (Å²) in [7, 11) is 0. The molecule has 76 heavy (non-hydrogen) atoms. The van der Waals surface area contributed by atoms with E-state index in [0.29, 0.717) is 19.3 Å². The Morgan fingerprint density at radius 3 is 0.750 bits per heavy atom. The van der Waals surface area contributed by atoms with Crippen LogP contribution in [0.15, 0.2) is 48.6 Å². The Balaban J connectivity index is 4.19. The van der Waals surface area contributed by atoms with Crippen LogP contribution in [0.5, 0.6) is 0 Å². The van der Waals surface area contributed by atoms with Crippen LogP contribution in [-0.4, -0.2) is 37.2 Å². The molecular weight excluding hydrogens is 937 g/mol. The van der Waals surface area contributed by atoms with E-state index in [1.165, 1.54) is 250 Å². The summed E-state index contributed by atoms with van der Waals surface area (Å²) >= 11 is 0. The minimum Gasteiger partial charge on any atom is -0.462 e. The van der Waals surface area contributed by atoms with E-state index in [-0.39, 0.29) is 31.1 Å². The Kier molecular flexibility index (Phi) is 62.6. The molecule has 6 heteroatoms. The SMILES string of the molecule is CCCCCCC/C=C\C/C=C\C/C=C\CCCCCCCCCCCCCCCCC(=O)OCC(COC(=O)CCCCCCCCCCCCCC)OC(=O)CCCCCCCCC/C=C\CCCCCCCC.